The molecule has 0 spiro atoms. The highest BCUT2D eigenvalue weighted by molar-refractivity contribution is 5.77. The molecule has 0 bridgehead atoms. The van der Waals surface area contributed by atoms with Gasteiger partial charge in [-0.1, -0.05) is 48.6 Å². The highest BCUT2D eigenvalue weighted by atomic mass is 16.2. The molecule has 0 atom stereocenters. The first kappa shape index (κ1) is 15.3. The summed E-state index contributed by atoms with van der Waals surface area (Å²) in [4.78, 5) is 26.1. The molecule has 2 aromatic rings. The second-order valence-corrected chi connectivity index (χ2v) is 5.76. The van der Waals surface area contributed by atoms with Crippen LogP contribution in [-0.4, -0.2) is 28.0 Å². The number of pyridine rings is 1. The molecule has 0 radical (unpaired) electrons. The summed E-state index contributed by atoms with van der Waals surface area (Å²) in [5.74, 6) is -0.00138. The highest BCUT2D eigenvalue weighted by Gasteiger charge is 2.31. The van der Waals surface area contributed by atoms with Crippen LogP contribution < -0.4 is 5.56 Å². The zero-order chi connectivity index (χ0) is 16.1. The molecule has 1 aliphatic rings. The van der Waals surface area contributed by atoms with Gasteiger partial charge in [-0.3, -0.25) is 9.59 Å². The molecule has 1 saturated carbocycles. The van der Waals surface area contributed by atoms with E-state index in [1.54, 1.807) is 18.3 Å². The summed E-state index contributed by atoms with van der Waals surface area (Å²) >= 11 is 0. The summed E-state index contributed by atoms with van der Waals surface area (Å²) in [7, 11) is 0. The lowest BCUT2D eigenvalue weighted by Crippen LogP contribution is -2.37. The molecule has 4 heteroatoms. The van der Waals surface area contributed by atoms with Crippen LogP contribution in [0.2, 0.25) is 0 Å². The second kappa shape index (κ2) is 7.09. The molecule has 0 unspecified atom stereocenters. The Morgan fingerprint density at radius 1 is 1.13 bits per heavy atom. The number of rotatable bonds is 6. The van der Waals surface area contributed by atoms with E-state index in [1.165, 1.54) is 10.6 Å². The first-order chi connectivity index (χ1) is 11.2. The Morgan fingerprint density at radius 2 is 1.87 bits per heavy atom. The monoisotopic (exact) mass is 308 g/mol. The maximum atomic E-state index is 12.5. The van der Waals surface area contributed by atoms with Gasteiger partial charge in [0.2, 0.25) is 5.91 Å². The van der Waals surface area contributed by atoms with Crippen LogP contribution in [0, 0.1) is 0 Å². The molecule has 23 heavy (non-hydrogen) atoms. The molecular weight excluding hydrogens is 288 g/mol. The molecule has 1 fully saturated rings. The maximum Gasteiger partial charge on any atom is 0.250 e. The van der Waals surface area contributed by atoms with Gasteiger partial charge in [0.15, 0.2) is 0 Å². The average molecular weight is 308 g/mol. The quantitative estimate of drug-likeness (QED) is 0.823. The van der Waals surface area contributed by atoms with Crippen molar-refractivity contribution in [1.82, 2.24) is 9.47 Å². The lowest BCUT2D eigenvalue weighted by molar-refractivity contribution is -0.131. The molecule has 118 valence electrons. The first-order valence-electron chi connectivity index (χ1n) is 7.90. The molecule has 0 saturated heterocycles. The van der Waals surface area contributed by atoms with Gasteiger partial charge in [0.05, 0.1) is 0 Å². The highest BCUT2D eigenvalue weighted by Crippen LogP contribution is 2.27. The van der Waals surface area contributed by atoms with Gasteiger partial charge in [-0.05, 0) is 24.5 Å². The molecule has 1 aliphatic carbocycles. The van der Waals surface area contributed by atoms with Crippen molar-refractivity contribution in [3.05, 3.63) is 76.7 Å². The molecule has 0 aliphatic heterocycles. The smallest absolute Gasteiger partial charge is 0.250 e. The molecule has 4 nitrogen and oxygen atoms in total. The third-order valence-corrected chi connectivity index (χ3v) is 3.92. The van der Waals surface area contributed by atoms with Crippen LogP contribution in [0.1, 0.15) is 18.4 Å². The number of aromatic nitrogens is 1. The van der Waals surface area contributed by atoms with Gasteiger partial charge in [0, 0.05) is 24.8 Å². The van der Waals surface area contributed by atoms with Crippen LogP contribution in [0.5, 0.6) is 0 Å². The topological polar surface area (TPSA) is 42.3 Å². The molecule has 0 N–H and O–H groups in total. The molecule has 1 aromatic heterocycles. The Hall–Kier alpha value is -2.62. The van der Waals surface area contributed by atoms with Crippen LogP contribution in [0.3, 0.4) is 0 Å². The van der Waals surface area contributed by atoms with Gasteiger partial charge in [0.25, 0.3) is 5.56 Å². The second-order valence-electron chi connectivity index (χ2n) is 5.76. The van der Waals surface area contributed by atoms with Crippen LogP contribution in [-0.2, 0) is 11.3 Å². The largest absolute Gasteiger partial charge is 0.334 e. The van der Waals surface area contributed by atoms with Crippen LogP contribution >= 0.6 is 0 Å². The Kier molecular flexibility index (Phi) is 4.71. The zero-order valence-corrected chi connectivity index (χ0v) is 13.0. The summed E-state index contributed by atoms with van der Waals surface area (Å²) in [6, 6.07) is 15.3. The fourth-order valence-electron chi connectivity index (χ4n) is 2.54. The van der Waals surface area contributed by atoms with Gasteiger partial charge in [-0.25, -0.2) is 0 Å². The number of benzene rings is 1. The van der Waals surface area contributed by atoms with Crippen molar-refractivity contribution in [2.24, 2.45) is 0 Å². The lowest BCUT2D eigenvalue weighted by Gasteiger charge is -2.21. The normalized spacial score (nSPS) is 14.1. The van der Waals surface area contributed by atoms with E-state index in [0.29, 0.717) is 12.6 Å². The fourth-order valence-corrected chi connectivity index (χ4v) is 2.54. The standard InChI is InChI=1S/C19H20N2O2/c22-18-10-4-5-13-20(18)15-19(23)21(17-11-12-17)14-6-9-16-7-2-1-3-8-16/h1-10,13,17H,11-12,14-15H2. The van der Waals surface area contributed by atoms with Crippen molar-refractivity contribution in [1.29, 1.82) is 0 Å². The summed E-state index contributed by atoms with van der Waals surface area (Å²) in [5.41, 5.74) is 0.978. The minimum atomic E-state index is -0.142. The Balaban J connectivity index is 1.65. The van der Waals surface area contributed by atoms with E-state index >= 15 is 0 Å². The van der Waals surface area contributed by atoms with Crippen LogP contribution in [0.4, 0.5) is 0 Å². The summed E-state index contributed by atoms with van der Waals surface area (Å²) < 4.78 is 1.46. The third-order valence-electron chi connectivity index (χ3n) is 3.92. The van der Waals surface area contributed by atoms with Crippen molar-refractivity contribution in [2.45, 2.75) is 25.4 Å². The Labute approximate surface area is 135 Å². The van der Waals surface area contributed by atoms with E-state index in [9.17, 15) is 9.59 Å². The van der Waals surface area contributed by atoms with Crippen molar-refractivity contribution in [3.8, 4) is 0 Å². The van der Waals surface area contributed by atoms with E-state index in [4.69, 9.17) is 0 Å². The first-order valence-corrected chi connectivity index (χ1v) is 7.90. The van der Waals surface area contributed by atoms with Crippen molar-refractivity contribution < 1.29 is 4.79 Å². The molecular formula is C19H20N2O2. The number of nitrogens with zero attached hydrogens (tertiary/aromatic N) is 2. The summed E-state index contributed by atoms with van der Waals surface area (Å²) in [6.45, 7) is 0.690. The predicted molar refractivity (Wildman–Crippen MR) is 90.9 cm³/mol. The molecule has 1 aromatic carbocycles. The minimum Gasteiger partial charge on any atom is -0.334 e. The minimum absolute atomic E-state index is 0.00138. The Morgan fingerprint density at radius 3 is 2.57 bits per heavy atom. The van der Waals surface area contributed by atoms with Crippen LogP contribution in [0.25, 0.3) is 6.08 Å². The molecule has 3 rings (SSSR count). The zero-order valence-electron chi connectivity index (χ0n) is 13.0. The van der Waals surface area contributed by atoms with E-state index < -0.39 is 0 Å². The molecule has 1 amide bonds. The number of hydrogen-bond acceptors (Lipinski definition) is 2. The van der Waals surface area contributed by atoms with E-state index in [1.807, 2.05) is 47.4 Å². The van der Waals surface area contributed by atoms with E-state index in [0.717, 1.165) is 18.4 Å². The van der Waals surface area contributed by atoms with Crippen molar-refractivity contribution in [3.63, 3.8) is 0 Å². The van der Waals surface area contributed by atoms with E-state index in [2.05, 4.69) is 0 Å². The summed E-state index contributed by atoms with van der Waals surface area (Å²) in [6.07, 6.45) is 7.80. The molecule has 1 heterocycles. The van der Waals surface area contributed by atoms with Gasteiger partial charge in [-0.15, -0.1) is 0 Å². The number of carbonyl (C=O) groups excluding carboxylic acids is 1. The number of hydrogen-bond donors (Lipinski definition) is 0. The van der Waals surface area contributed by atoms with Gasteiger partial charge in [0.1, 0.15) is 6.54 Å². The predicted octanol–water partition coefficient (Wildman–Crippen LogP) is 2.55. The van der Waals surface area contributed by atoms with Crippen molar-refractivity contribution >= 4 is 12.0 Å². The lowest BCUT2D eigenvalue weighted by atomic mass is 10.2. The SMILES string of the molecule is O=C(Cn1ccccc1=O)N(CC=Cc1ccccc1)C1CC1. The maximum absolute atomic E-state index is 12.5. The fraction of sp³-hybridized carbons (Fsp3) is 0.263. The van der Waals surface area contributed by atoms with Gasteiger partial charge in [-0.2, -0.15) is 0 Å². The van der Waals surface area contributed by atoms with Gasteiger partial charge >= 0.3 is 0 Å². The van der Waals surface area contributed by atoms with Crippen LogP contribution in [0.15, 0.2) is 65.6 Å². The van der Waals surface area contributed by atoms with Gasteiger partial charge < -0.3 is 9.47 Å². The Bertz CT molecular complexity index is 745. The summed E-state index contributed by atoms with van der Waals surface area (Å²) in [5, 5.41) is 0. The van der Waals surface area contributed by atoms with E-state index in [-0.39, 0.29) is 18.0 Å². The number of carbonyl (C=O) groups is 1. The third kappa shape index (κ3) is 4.19. The average Bonchev–Trinajstić information content (AvgIpc) is 3.39. The number of amides is 1. The van der Waals surface area contributed by atoms with Crippen molar-refractivity contribution in [2.75, 3.05) is 6.54 Å².